The summed E-state index contributed by atoms with van der Waals surface area (Å²) in [6.45, 7) is 5.73. The highest BCUT2D eigenvalue weighted by Gasteiger charge is 2.52. The lowest BCUT2D eigenvalue weighted by Crippen LogP contribution is -2.43. The van der Waals surface area contributed by atoms with Crippen molar-refractivity contribution in [3.05, 3.63) is 52.0 Å². The highest BCUT2D eigenvalue weighted by molar-refractivity contribution is 5.80. The average Bonchev–Trinajstić information content (AvgIpc) is 3.36. The molecule has 2 N–H and O–H groups in total. The molecule has 1 aromatic heterocycles. The summed E-state index contributed by atoms with van der Waals surface area (Å²) >= 11 is 0. The Morgan fingerprint density at radius 2 is 1.77 bits per heavy atom. The van der Waals surface area contributed by atoms with Crippen molar-refractivity contribution in [1.82, 2.24) is 15.3 Å². The van der Waals surface area contributed by atoms with Crippen LogP contribution in [0.4, 0.5) is 23.4 Å². The molecule has 1 aliphatic carbocycles. The highest BCUT2D eigenvalue weighted by Crippen LogP contribution is 2.41. The van der Waals surface area contributed by atoms with Crippen LogP contribution in [0.3, 0.4) is 0 Å². The molecule has 2 fully saturated rings. The number of aryl methyl sites for hydroxylation is 1. The largest absolute Gasteiger partial charge is 0.363 e. The Kier molecular flexibility index (Phi) is 7.27. The molecule has 1 aromatic carbocycles. The van der Waals surface area contributed by atoms with Crippen LogP contribution >= 0.6 is 0 Å². The van der Waals surface area contributed by atoms with Crippen molar-refractivity contribution < 1.29 is 31.8 Å². The number of hydrogen-bond acceptors (Lipinski definition) is 6. The SMILES string of the molecule is Cc1nc(CC(=O)NC2(C(F)F)CC2)c(C2OCCO2)c(N[C@H](C)c2cccc(C(F)F)c2C)n1. The lowest BCUT2D eigenvalue weighted by Gasteiger charge is -2.24. The van der Waals surface area contributed by atoms with Crippen molar-refractivity contribution in [2.24, 2.45) is 0 Å². The molecule has 0 unspecified atom stereocenters. The zero-order valence-corrected chi connectivity index (χ0v) is 19.7. The van der Waals surface area contributed by atoms with Crippen molar-refractivity contribution in [3.8, 4) is 0 Å². The molecule has 11 heteroatoms. The number of ether oxygens (including phenoxy) is 2. The second kappa shape index (κ2) is 10.1. The second-order valence-corrected chi connectivity index (χ2v) is 8.96. The minimum atomic E-state index is -2.65. The Balaban J connectivity index is 1.65. The number of amides is 1. The topological polar surface area (TPSA) is 85.4 Å². The molecule has 4 rings (SSSR count). The van der Waals surface area contributed by atoms with Crippen molar-refractivity contribution in [2.75, 3.05) is 18.5 Å². The van der Waals surface area contributed by atoms with Crippen LogP contribution in [-0.2, 0) is 20.7 Å². The van der Waals surface area contributed by atoms with E-state index in [0.29, 0.717) is 47.2 Å². The first-order valence-corrected chi connectivity index (χ1v) is 11.4. The van der Waals surface area contributed by atoms with Crippen LogP contribution in [-0.4, -0.2) is 41.1 Å². The van der Waals surface area contributed by atoms with Gasteiger partial charge in [0, 0.05) is 5.56 Å². The number of benzene rings is 1. The van der Waals surface area contributed by atoms with E-state index in [1.54, 1.807) is 32.9 Å². The summed E-state index contributed by atoms with van der Waals surface area (Å²) in [5.41, 5.74) is 0.278. The molecule has 35 heavy (non-hydrogen) atoms. The van der Waals surface area contributed by atoms with Crippen molar-refractivity contribution in [1.29, 1.82) is 0 Å². The predicted molar refractivity (Wildman–Crippen MR) is 119 cm³/mol. The number of carbonyl (C=O) groups is 1. The normalized spacial score (nSPS) is 18.2. The van der Waals surface area contributed by atoms with Gasteiger partial charge in [0.25, 0.3) is 12.9 Å². The van der Waals surface area contributed by atoms with Crippen LogP contribution in [0, 0.1) is 13.8 Å². The molecule has 2 aliphatic rings. The lowest BCUT2D eigenvalue weighted by atomic mass is 9.97. The number of nitrogens with one attached hydrogen (secondary N) is 2. The molecule has 190 valence electrons. The van der Waals surface area contributed by atoms with E-state index in [9.17, 15) is 22.4 Å². The summed E-state index contributed by atoms with van der Waals surface area (Å²) in [6, 6.07) is 4.28. The number of nitrogens with zero attached hydrogens (tertiary/aromatic N) is 2. The Morgan fingerprint density at radius 1 is 1.11 bits per heavy atom. The molecule has 1 saturated carbocycles. The average molecular weight is 497 g/mol. The maximum atomic E-state index is 13.4. The standard InChI is InChI=1S/C24H28F4N4O3/c1-12-15(5-4-6-16(12)20(25)26)13(2)29-21-19(22-34-9-10-35-22)17(30-14(3)31-21)11-18(33)32-24(7-8-24)23(27)28/h4-6,13,20,22-23H,7-11H2,1-3H3,(H,32,33)(H,29,30,31)/t13-/m1/s1. The minimum absolute atomic E-state index is 0.0527. The van der Waals surface area contributed by atoms with Crippen LogP contribution in [0.5, 0.6) is 0 Å². The fraction of sp³-hybridized carbons (Fsp3) is 0.542. The van der Waals surface area contributed by atoms with Crippen LogP contribution in [0.25, 0.3) is 0 Å². The Hall–Kier alpha value is -2.79. The summed E-state index contributed by atoms with van der Waals surface area (Å²) in [4.78, 5) is 21.5. The molecule has 2 heterocycles. The summed E-state index contributed by atoms with van der Waals surface area (Å²) in [7, 11) is 0. The number of halogens is 4. The molecular weight excluding hydrogens is 468 g/mol. The third-order valence-corrected chi connectivity index (χ3v) is 6.39. The summed E-state index contributed by atoms with van der Waals surface area (Å²) in [5.74, 6) is 0.0912. The first-order valence-electron chi connectivity index (χ1n) is 11.4. The van der Waals surface area contributed by atoms with Crippen LogP contribution in [0.15, 0.2) is 18.2 Å². The van der Waals surface area contributed by atoms with Gasteiger partial charge in [-0.1, -0.05) is 18.2 Å². The van der Waals surface area contributed by atoms with E-state index in [-0.39, 0.29) is 24.8 Å². The fourth-order valence-electron chi connectivity index (χ4n) is 4.32. The summed E-state index contributed by atoms with van der Waals surface area (Å²) in [6.07, 6.45) is -5.92. The smallest absolute Gasteiger partial charge is 0.264 e. The third kappa shape index (κ3) is 5.40. The third-order valence-electron chi connectivity index (χ3n) is 6.39. The number of rotatable bonds is 9. The van der Waals surface area contributed by atoms with Gasteiger partial charge in [0.05, 0.1) is 36.9 Å². The van der Waals surface area contributed by atoms with Gasteiger partial charge in [-0.3, -0.25) is 4.79 Å². The molecule has 0 radical (unpaired) electrons. The van der Waals surface area contributed by atoms with E-state index in [2.05, 4.69) is 20.6 Å². The zero-order chi connectivity index (χ0) is 25.3. The zero-order valence-electron chi connectivity index (χ0n) is 19.7. The lowest BCUT2D eigenvalue weighted by molar-refractivity contribution is -0.122. The van der Waals surface area contributed by atoms with Gasteiger partial charge in [0.2, 0.25) is 5.91 Å². The Morgan fingerprint density at radius 3 is 2.37 bits per heavy atom. The molecule has 0 bridgehead atoms. The minimum Gasteiger partial charge on any atom is -0.363 e. The van der Waals surface area contributed by atoms with E-state index in [4.69, 9.17) is 9.47 Å². The molecule has 1 saturated heterocycles. The van der Waals surface area contributed by atoms with Gasteiger partial charge in [0.15, 0.2) is 6.29 Å². The number of carbonyl (C=O) groups excluding carboxylic acids is 1. The van der Waals surface area contributed by atoms with Crippen molar-refractivity contribution in [2.45, 2.75) is 70.8 Å². The predicted octanol–water partition coefficient (Wildman–Crippen LogP) is 4.71. The molecule has 1 amide bonds. The number of aromatic nitrogens is 2. The first-order chi connectivity index (χ1) is 16.6. The maximum Gasteiger partial charge on any atom is 0.264 e. The molecule has 1 aliphatic heterocycles. The molecule has 1 atom stereocenters. The summed E-state index contributed by atoms with van der Waals surface area (Å²) < 4.78 is 64.7. The van der Waals surface area contributed by atoms with Gasteiger partial charge in [0.1, 0.15) is 17.2 Å². The molecule has 0 spiro atoms. The van der Waals surface area contributed by atoms with Gasteiger partial charge in [-0.25, -0.2) is 27.5 Å². The van der Waals surface area contributed by atoms with Gasteiger partial charge < -0.3 is 20.1 Å². The Labute approximate surface area is 200 Å². The number of alkyl halides is 4. The van der Waals surface area contributed by atoms with Crippen LogP contribution in [0.1, 0.15) is 72.3 Å². The van der Waals surface area contributed by atoms with E-state index >= 15 is 0 Å². The monoisotopic (exact) mass is 496 g/mol. The Bertz CT molecular complexity index is 1090. The number of hydrogen-bond donors (Lipinski definition) is 2. The molecular formula is C24H28F4N4O3. The van der Waals surface area contributed by atoms with Crippen molar-refractivity contribution >= 4 is 11.7 Å². The fourth-order valence-corrected chi connectivity index (χ4v) is 4.32. The first kappa shape index (κ1) is 25.3. The quantitative estimate of drug-likeness (QED) is 0.490. The number of anilines is 1. The van der Waals surface area contributed by atoms with Crippen LogP contribution < -0.4 is 10.6 Å². The second-order valence-electron chi connectivity index (χ2n) is 8.96. The van der Waals surface area contributed by atoms with E-state index in [1.807, 2.05) is 0 Å². The maximum absolute atomic E-state index is 13.4. The van der Waals surface area contributed by atoms with Crippen LogP contribution in [0.2, 0.25) is 0 Å². The highest BCUT2D eigenvalue weighted by atomic mass is 19.3. The van der Waals surface area contributed by atoms with E-state index in [0.717, 1.165) is 0 Å². The van der Waals surface area contributed by atoms with Gasteiger partial charge in [-0.2, -0.15) is 0 Å². The van der Waals surface area contributed by atoms with Gasteiger partial charge >= 0.3 is 0 Å². The van der Waals surface area contributed by atoms with Crippen molar-refractivity contribution in [3.63, 3.8) is 0 Å². The summed E-state index contributed by atoms with van der Waals surface area (Å²) in [5, 5.41) is 5.68. The van der Waals surface area contributed by atoms with E-state index < -0.39 is 36.6 Å². The van der Waals surface area contributed by atoms with Gasteiger partial charge in [-0.05, 0) is 44.7 Å². The van der Waals surface area contributed by atoms with Gasteiger partial charge in [-0.15, -0.1) is 0 Å². The molecule has 2 aromatic rings. The van der Waals surface area contributed by atoms with E-state index in [1.165, 1.54) is 6.07 Å². The molecule has 7 nitrogen and oxygen atoms in total.